The minimum absolute atomic E-state index is 0.128. The molecule has 0 radical (unpaired) electrons. The van der Waals surface area contributed by atoms with Gasteiger partial charge in [0.1, 0.15) is 5.82 Å². The van der Waals surface area contributed by atoms with Crippen LogP contribution in [0.4, 0.5) is 14.9 Å². The van der Waals surface area contributed by atoms with Crippen LogP contribution in [0.2, 0.25) is 0 Å². The molecule has 2 aromatic carbocycles. The van der Waals surface area contributed by atoms with Crippen LogP contribution in [0.25, 0.3) is 11.3 Å². The van der Waals surface area contributed by atoms with Crippen molar-refractivity contribution in [2.24, 2.45) is 0 Å². The van der Waals surface area contributed by atoms with Gasteiger partial charge in [0.05, 0.1) is 5.69 Å². The highest BCUT2D eigenvalue weighted by molar-refractivity contribution is 5.89. The highest BCUT2D eigenvalue weighted by atomic mass is 19.1. The maximum absolute atomic E-state index is 13.0. The number of hydrogen-bond acceptors (Lipinski definition) is 2. The van der Waals surface area contributed by atoms with E-state index in [1.807, 2.05) is 37.3 Å². The highest BCUT2D eigenvalue weighted by Crippen LogP contribution is 2.18. The van der Waals surface area contributed by atoms with E-state index < -0.39 is 0 Å². The number of halogens is 1. The maximum Gasteiger partial charge on any atom is 0.321 e. The van der Waals surface area contributed by atoms with Gasteiger partial charge in [0.25, 0.3) is 0 Å². The van der Waals surface area contributed by atoms with Gasteiger partial charge in [-0.2, -0.15) is 5.10 Å². The zero-order chi connectivity index (χ0) is 19.2. The Kier molecular flexibility index (Phi) is 5.86. The van der Waals surface area contributed by atoms with Gasteiger partial charge in [-0.05, 0) is 67.8 Å². The maximum atomic E-state index is 13.0. The molecule has 0 unspecified atom stereocenters. The van der Waals surface area contributed by atoms with Crippen LogP contribution in [0.1, 0.15) is 17.7 Å². The van der Waals surface area contributed by atoms with E-state index in [4.69, 9.17) is 0 Å². The zero-order valence-corrected chi connectivity index (χ0v) is 15.5. The van der Waals surface area contributed by atoms with Crippen molar-refractivity contribution in [1.29, 1.82) is 0 Å². The third kappa shape index (κ3) is 5.17. The zero-order valence-electron chi connectivity index (χ0n) is 15.5. The number of urea groups is 1. The molecule has 0 spiro atoms. The molecule has 0 saturated heterocycles. The van der Waals surface area contributed by atoms with Gasteiger partial charge in [-0.3, -0.25) is 5.10 Å². The van der Waals surface area contributed by atoms with E-state index in [-0.39, 0.29) is 11.8 Å². The third-order valence-corrected chi connectivity index (χ3v) is 4.33. The van der Waals surface area contributed by atoms with E-state index in [9.17, 15) is 9.18 Å². The summed E-state index contributed by atoms with van der Waals surface area (Å²) in [4.78, 5) is 13.9. The minimum Gasteiger partial charge on any atom is -0.328 e. The Morgan fingerprint density at radius 2 is 1.96 bits per heavy atom. The molecular weight excluding hydrogens is 343 g/mol. The highest BCUT2D eigenvalue weighted by Gasteiger charge is 2.10. The number of carbonyl (C=O) groups is 1. The van der Waals surface area contributed by atoms with Gasteiger partial charge in [-0.15, -0.1) is 0 Å². The van der Waals surface area contributed by atoms with Gasteiger partial charge in [0, 0.05) is 30.5 Å². The Morgan fingerprint density at radius 1 is 1.19 bits per heavy atom. The summed E-state index contributed by atoms with van der Waals surface area (Å²) in [6, 6.07) is 15.8. The van der Waals surface area contributed by atoms with Crippen molar-refractivity contribution in [2.75, 3.05) is 18.9 Å². The molecule has 0 bridgehead atoms. The predicted molar refractivity (Wildman–Crippen MR) is 105 cm³/mol. The molecule has 27 heavy (non-hydrogen) atoms. The summed E-state index contributed by atoms with van der Waals surface area (Å²) < 4.78 is 13.0. The SMILES string of the molecule is Cc1cccc(NC(=O)N(C)CCCc2cc(-c3ccc(F)cc3)n[nH]2)c1. The van der Waals surface area contributed by atoms with Crippen LogP contribution in [0, 0.1) is 12.7 Å². The largest absolute Gasteiger partial charge is 0.328 e. The van der Waals surface area contributed by atoms with E-state index in [0.717, 1.165) is 41.0 Å². The van der Waals surface area contributed by atoms with E-state index >= 15 is 0 Å². The Hall–Kier alpha value is -3.15. The monoisotopic (exact) mass is 366 g/mol. The summed E-state index contributed by atoms with van der Waals surface area (Å²) in [5.74, 6) is -0.263. The van der Waals surface area contributed by atoms with Gasteiger partial charge < -0.3 is 10.2 Å². The summed E-state index contributed by atoms with van der Waals surface area (Å²) in [6.07, 6.45) is 1.58. The van der Waals surface area contributed by atoms with Crippen molar-refractivity contribution in [3.63, 3.8) is 0 Å². The molecule has 3 aromatic rings. The molecule has 1 heterocycles. The molecule has 2 N–H and O–H groups in total. The molecule has 0 saturated carbocycles. The van der Waals surface area contributed by atoms with Crippen LogP contribution in [0.3, 0.4) is 0 Å². The summed E-state index contributed by atoms with van der Waals surface area (Å²) in [5, 5.41) is 10.2. The lowest BCUT2D eigenvalue weighted by molar-refractivity contribution is 0.222. The first-order valence-corrected chi connectivity index (χ1v) is 8.90. The van der Waals surface area contributed by atoms with E-state index in [2.05, 4.69) is 15.5 Å². The minimum atomic E-state index is -0.263. The number of aromatic amines is 1. The molecule has 6 heteroatoms. The van der Waals surface area contributed by atoms with Gasteiger partial charge in [-0.25, -0.2) is 9.18 Å². The number of anilines is 1. The molecule has 2 amide bonds. The molecule has 140 valence electrons. The summed E-state index contributed by atoms with van der Waals surface area (Å²) in [5.41, 5.74) is 4.54. The number of amides is 2. The first-order chi connectivity index (χ1) is 13.0. The Balaban J connectivity index is 1.48. The molecular formula is C21H23FN4O. The van der Waals surface area contributed by atoms with Crippen molar-refractivity contribution in [1.82, 2.24) is 15.1 Å². The molecule has 5 nitrogen and oxygen atoms in total. The van der Waals surface area contributed by atoms with Gasteiger partial charge >= 0.3 is 6.03 Å². The van der Waals surface area contributed by atoms with Crippen LogP contribution in [-0.2, 0) is 6.42 Å². The number of benzene rings is 2. The fourth-order valence-corrected chi connectivity index (χ4v) is 2.81. The van der Waals surface area contributed by atoms with Gasteiger partial charge in [-0.1, -0.05) is 12.1 Å². The van der Waals surface area contributed by atoms with Crippen molar-refractivity contribution in [3.8, 4) is 11.3 Å². The topological polar surface area (TPSA) is 61.0 Å². The van der Waals surface area contributed by atoms with Gasteiger partial charge in [0.15, 0.2) is 0 Å². The summed E-state index contributed by atoms with van der Waals surface area (Å²) in [6.45, 7) is 2.62. The number of aromatic nitrogens is 2. The van der Waals surface area contributed by atoms with E-state index in [0.29, 0.717) is 6.54 Å². The van der Waals surface area contributed by atoms with Crippen LogP contribution in [0.5, 0.6) is 0 Å². The second kappa shape index (κ2) is 8.49. The molecule has 0 fully saturated rings. The number of hydrogen-bond donors (Lipinski definition) is 2. The van der Waals surface area contributed by atoms with Crippen molar-refractivity contribution >= 4 is 11.7 Å². The number of rotatable bonds is 6. The lowest BCUT2D eigenvalue weighted by Crippen LogP contribution is -2.32. The standard InChI is InChI=1S/C21H23FN4O/c1-15-5-3-6-18(13-15)23-21(27)26(2)12-4-7-19-14-20(25-24-19)16-8-10-17(22)11-9-16/h3,5-6,8-11,13-14H,4,7,12H2,1-2H3,(H,23,27)(H,24,25). The van der Waals surface area contributed by atoms with E-state index in [1.165, 1.54) is 12.1 Å². The normalized spacial score (nSPS) is 10.6. The van der Waals surface area contributed by atoms with Crippen LogP contribution < -0.4 is 5.32 Å². The van der Waals surface area contributed by atoms with Crippen molar-refractivity contribution < 1.29 is 9.18 Å². The first-order valence-electron chi connectivity index (χ1n) is 8.90. The van der Waals surface area contributed by atoms with E-state index in [1.54, 1.807) is 24.1 Å². The first kappa shape index (κ1) is 18.6. The van der Waals surface area contributed by atoms with Crippen LogP contribution >= 0.6 is 0 Å². The molecule has 3 rings (SSSR count). The molecule has 0 aliphatic rings. The lowest BCUT2D eigenvalue weighted by atomic mass is 10.1. The second-order valence-electron chi connectivity index (χ2n) is 6.61. The molecule has 0 aliphatic carbocycles. The lowest BCUT2D eigenvalue weighted by Gasteiger charge is -2.17. The fourth-order valence-electron chi connectivity index (χ4n) is 2.81. The average Bonchev–Trinajstić information content (AvgIpc) is 3.11. The number of carbonyl (C=O) groups excluding carboxylic acids is 1. The Bertz CT molecular complexity index is 905. The number of nitrogens with one attached hydrogen (secondary N) is 2. The summed E-state index contributed by atoms with van der Waals surface area (Å²) >= 11 is 0. The Morgan fingerprint density at radius 3 is 2.70 bits per heavy atom. The van der Waals surface area contributed by atoms with Crippen molar-refractivity contribution in [3.05, 3.63) is 71.7 Å². The smallest absolute Gasteiger partial charge is 0.321 e. The predicted octanol–water partition coefficient (Wildman–Crippen LogP) is 4.62. The quantitative estimate of drug-likeness (QED) is 0.669. The number of nitrogens with zero attached hydrogens (tertiary/aromatic N) is 2. The van der Waals surface area contributed by atoms with Crippen molar-refractivity contribution in [2.45, 2.75) is 19.8 Å². The molecule has 0 atom stereocenters. The van der Waals surface area contributed by atoms with Gasteiger partial charge in [0.2, 0.25) is 0 Å². The molecule has 1 aromatic heterocycles. The Labute approximate surface area is 158 Å². The fraction of sp³-hybridized carbons (Fsp3) is 0.238. The number of H-pyrrole nitrogens is 1. The molecule has 0 aliphatic heterocycles. The second-order valence-corrected chi connectivity index (χ2v) is 6.61. The third-order valence-electron chi connectivity index (χ3n) is 4.33. The summed E-state index contributed by atoms with van der Waals surface area (Å²) in [7, 11) is 1.78. The number of aryl methyl sites for hydroxylation is 2. The van der Waals surface area contributed by atoms with Crippen LogP contribution in [-0.4, -0.2) is 34.7 Å². The van der Waals surface area contributed by atoms with Crippen LogP contribution in [0.15, 0.2) is 54.6 Å². The average molecular weight is 366 g/mol.